The summed E-state index contributed by atoms with van der Waals surface area (Å²) in [5, 5.41) is 3.34. The summed E-state index contributed by atoms with van der Waals surface area (Å²) in [6.45, 7) is 3.28. The predicted molar refractivity (Wildman–Crippen MR) is 175 cm³/mol. The summed E-state index contributed by atoms with van der Waals surface area (Å²) in [4.78, 5) is 20.9. The van der Waals surface area contributed by atoms with Crippen LogP contribution >= 0.6 is 0 Å². The lowest BCUT2D eigenvalue weighted by Crippen LogP contribution is -2.44. The molecule has 5 aromatic rings. The van der Waals surface area contributed by atoms with Crippen LogP contribution in [0.1, 0.15) is 47.6 Å². The average molecular weight is 605 g/mol. The van der Waals surface area contributed by atoms with Crippen molar-refractivity contribution in [3.63, 3.8) is 0 Å². The topological polar surface area (TPSA) is 77.3 Å². The Kier molecular flexibility index (Phi) is 9.61. The molecule has 0 radical (unpaired) electrons. The number of imidazole rings is 1. The lowest BCUT2D eigenvalue weighted by molar-refractivity contribution is -0.122. The molecule has 3 aromatic carbocycles. The predicted octanol–water partition coefficient (Wildman–Crippen LogP) is 6.23. The normalized spacial score (nSPS) is 14.6. The summed E-state index contributed by atoms with van der Waals surface area (Å²) in [5.74, 6) is 1.73. The van der Waals surface area contributed by atoms with Crippen LogP contribution < -0.4 is 19.5 Å². The zero-order valence-corrected chi connectivity index (χ0v) is 25.9. The maximum absolute atomic E-state index is 13.7. The Labute approximate surface area is 264 Å². The maximum Gasteiger partial charge on any atom is 0.221 e. The lowest BCUT2D eigenvalue weighted by Gasteiger charge is -2.32. The first-order chi connectivity index (χ1) is 22.1. The van der Waals surface area contributed by atoms with Crippen LogP contribution in [-0.2, 0) is 17.9 Å². The summed E-state index contributed by atoms with van der Waals surface area (Å²) in [6, 6.07) is 30.4. The van der Waals surface area contributed by atoms with Crippen molar-refractivity contribution >= 4 is 11.6 Å². The largest absolute Gasteiger partial charge is 0.497 e. The van der Waals surface area contributed by atoms with Crippen LogP contribution in [-0.4, -0.2) is 53.5 Å². The van der Waals surface area contributed by atoms with Crippen LogP contribution in [0.5, 0.6) is 17.2 Å². The number of amides is 1. The van der Waals surface area contributed by atoms with Gasteiger partial charge in [-0.15, -0.1) is 0 Å². The zero-order chi connectivity index (χ0) is 31.0. The summed E-state index contributed by atoms with van der Waals surface area (Å²) >= 11 is 0. The molecule has 8 heteroatoms. The molecule has 1 N–H and O–H groups in total. The van der Waals surface area contributed by atoms with Gasteiger partial charge in [0.25, 0.3) is 0 Å². The summed E-state index contributed by atoms with van der Waals surface area (Å²) < 4.78 is 19.4. The first-order valence-corrected chi connectivity index (χ1v) is 15.5. The third-order valence-electron chi connectivity index (χ3n) is 8.49. The molecule has 2 aromatic heterocycles. The van der Waals surface area contributed by atoms with Gasteiger partial charge >= 0.3 is 0 Å². The molecule has 1 amide bonds. The first-order valence-electron chi connectivity index (χ1n) is 15.5. The van der Waals surface area contributed by atoms with E-state index >= 15 is 0 Å². The summed E-state index contributed by atoms with van der Waals surface area (Å²) in [6.07, 6.45) is 5.92. The molecule has 3 heterocycles. The minimum atomic E-state index is -0.299. The van der Waals surface area contributed by atoms with Crippen molar-refractivity contribution in [2.45, 2.75) is 44.4 Å². The Morgan fingerprint density at radius 2 is 1.56 bits per heavy atom. The molecule has 1 atom stereocenters. The molecule has 8 nitrogen and oxygen atoms in total. The number of carbonyl (C=O) groups excluding carboxylic acids is 1. The number of rotatable bonds is 12. The van der Waals surface area contributed by atoms with Gasteiger partial charge in [0.15, 0.2) is 11.4 Å². The number of hydrogen-bond donors (Lipinski definition) is 1. The fraction of sp³-hybridized carbons (Fsp3) is 0.297. The Hall–Kier alpha value is -4.82. The van der Waals surface area contributed by atoms with E-state index in [4.69, 9.17) is 19.2 Å². The fourth-order valence-corrected chi connectivity index (χ4v) is 6.08. The summed E-state index contributed by atoms with van der Waals surface area (Å²) in [7, 11) is 3.27. The number of benzene rings is 3. The third kappa shape index (κ3) is 7.46. The third-order valence-corrected chi connectivity index (χ3v) is 8.49. The van der Waals surface area contributed by atoms with Crippen LogP contribution in [0.3, 0.4) is 0 Å². The van der Waals surface area contributed by atoms with Gasteiger partial charge in [-0.25, -0.2) is 4.98 Å². The average Bonchev–Trinajstić information content (AvgIpc) is 3.52. The standard InChI is InChI=1S/C37H40N4O4/c1-43-31-20-29(21-32(22-31)44-2)33(23-36(42)39-30-15-18-40(19-16-30)25-27-10-5-3-6-11-27)34-24-38-37-35(14-9-17-41(34)37)45-26-28-12-7-4-8-13-28/h3-14,17,20-22,24,30,33H,15-16,18-19,23,25-26H2,1-2H3,(H,39,42). The van der Waals surface area contributed by atoms with Crippen molar-refractivity contribution in [3.8, 4) is 17.2 Å². The minimum Gasteiger partial charge on any atom is -0.497 e. The molecule has 1 aliphatic rings. The molecule has 0 spiro atoms. The van der Waals surface area contributed by atoms with E-state index in [9.17, 15) is 4.79 Å². The number of methoxy groups -OCH3 is 2. The molecule has 0 saturated carbocycles. The Morgan fingerprint density at radius 1 is 0.889 bits per heavy atom. The number of pyridine rings is 1. The van der Waals surface area contributed by atoms with E-state index in [1.807, 2.05) is 83.5 Å². The molecule has 0 bridgehead atoms. The highest BCUT2D eigenvalue weighted by Gasteiger charge is 2.27. The van der Waals surface area contributed by atoms with Gasteiger partial charge < -0.3 is 23.9 Å². The summed E-state index contributed by atoms with van der Waals surface area (Å²) in [5.41, 5.74) is 4.90. The molecule has 1 aliphatic heterocycles. The van der Waals surface area contributed by atoms with Gasteiger partial charge in [0.1, 0.15) is 18.1 Å². The van der Waals surface area contributed by atoms with Crippen LogP contribution in [0, 0.1) is 0 Å². The highest BCUT2D eigenvalue weighted by molar-refractivity contribution is 5.78. The van der Waals surface area contributed by atoms with E-state index in [2.05, 4.69) is 34.5 Å². The lowest BCUT2D eigenvalue weighted by atomic mass is 9.91. The van der Waals surface area contributed by atoms with Gasteiger partial charge in [-0.3, -0.25) is 9.69 Å². The van der Waals surface area contributed by atoms with Gasteiger partial charge in [-0.05, 0) is 53.8 Å². The Morgan fingerprint density at radius 3 is 2.22 bits per heavy atom. The monoisotopic (exact) mass is 604 g/mol. The number of carbonyl (C=O) groups is 1. The molecule has 1 fully saturated rings. The van der Waals surface area contributed by atoms with E-state index in [-0.39, 0.29) is 24.3 Å². The van der Waals surface area contributed by atoms with E-state index < -0.39 is 0 Å². The number of hydrogen-bond acceptors (Lipinski definition) is 6. The SMILES string of the molecule is COc1cc(OC)cc(C(CC(=O)NC2CCN(Cc3ccccc3)CC2)c2cnc3c(OCc4ccccc4)cccn23)c1. The minimum absolute atomic E-state index is 0.00901. The fourth-order valence-electron chi connectivity index (χ4n) is 6.08. The number of ether oxygens (including phenoxy) is 3. The van der Waals surface area contributed by atoms with Crippen molar-refractivity contribution in [1.82, 2.24) is 19.6 Å². The van der Waals surface area contributed by atoms with E-state index in [1.54, 1.807) is 14.2 Å². The van der Waals surface area contributed by atoms with Crippen LogP contribution in [0.2, 0.25) is 0 Å². The number of nitrogens with zero attached hydrogens (tertiary/aromatic N) is 3. The molecule has 232 valence electrons. The number of piperidine rings is 1. The number of nitrogens with one attached hydrogen (secondary N) is 1. The molecule has 6 rings (SSSR count). The van der Waals surface area contributed by atoms with Crippen molar-refractivity contribution in [3.05, 3.63) is 126 Å². The van der Waals surface area contributed by atoms with E-state index in [0.717, 1.165) is 49.3 Å². The van der Waals surface area contributed by atoms with Crippen LogP contribution in [0.15, 0.2) is 103 Å². The first kappa shape index (κ1) is 30.2. The van der Waals surface area contributed by atoms with Crippen molar-refractivity contribution < 1.29 is 19.0 Å². The second kappa shape index (κ2) is 14.3. The van der Waals surface area contributed by atoms with Gasteiger partial charge in [0.05, 0.1) is 19.9 Å². The molecule has 0 aliphatic carbocycles. The molecule has 45 heavy (non-hydrogen) atoms. The highest BCUT2D eigenvalue weighted by Crippen LogP contribution is 2.35. The molecule has 1 saturated heterocycles. The van der Waals surface area contributed by atoms with Crippen LogP contribution in [0.25, 0.3) is 5.65 Å². The quantitative estimate of drug-likeness (QED) is 0.182. The maximum atomic E-state index is 13.7. The van der Waals surface area contributed by atoms with Crippen LogP contribution in [0.4, 0.5) is 0 Å². The van der Waals surface area contributed by atoms with E-state index in [1.165, 1.54) is 5.56 Å². The van der Waals surface area contributed by atoms with Gasteiger partial charge in [0, 0.05) is 56.5 Å². The van der Waals surface area contributed by atoms with Crippen molar-refractivity contribution in [2.75, 3.05) is 27.3 Å². The second-order valence-electron chi connectivity index (χ2n) is 11.5. The van der Waals surface area contributed by atoms with Gasteiger partial charge in [0.2, 0.25) is 5.91 Å². The zero-order valence-electron chi connectivity index (χ0n) is 25.9. The smallest absolute Gasteiger partial charge is 0.221 e. The number of fused-ring (bicyclic) bond motifs is 1. The number of likely N-dealkylation sites (tertiary alicyclic amines) is 1. The van der Waals surface area contributed by atoms with Crippen molar-refractivity contribution in [1.29, 1.82) is 0 Å². The highest BCUT2D eigenvalue weighted by atomic mass is 16.5. The molecule has 1 unspecified atom stereocenters. The number of aromatic nitrogens is 2. The second-order valence-corrected chi connectivity index (χ2v) is 11.5. The van der Waals surface area contributed by atoms with Crippen molar-refractivity contribution in [2.24, 2.45) is 0 Å². The van der Waals surface area contributed by atoms with Gasteiger partial charge in [-0.2, -0.15) is 0 Å². The van der Waals surface area contributed by atoms with E-state index in [0.29, 0.717) is 29.5 Å². The Bertz CT molecular complexity index is 1680. The molecular weight excluding hydrogens is 564 g/mol. The molecular formula is C37H40N4O4. The van der Waals surface area contributed by atoms with Gasteiger partial charge in [-0.1, -0.05) is 60.7 Å². The Balaban J connectivity index is 1.21.